The van der Waals surface area contributed by atoms with Gasteiger partial charge in [-0.05, 0) is 24.6 Å². The molecule has 0 fully saturated rings. The fourth-order valence-corrected chi connectivity index (χ4v) is 1.82. The van der Waals surface area contributed by atoms with Crippen molar-refractivity contribution in [1.82, 2.24) is 14.8 Å². The van der Waals surface area contributed by atoms with Gasteiger partial charge in [0.1, 0.15) is 12.2 Å². The summed E-state index contributed by atoms with van der Waals surface area (Å²) in [5, 5.41) is 13.4. The molecule has 2 rings (SSSR count). The van der Waals surface area contributed by atoms with Crippen LogP contribution in [0.5, 0.6) is 0 Å². The average Bonchev–Trinajstić information content (AvgIpc) is 2.72. The van der Waals surface area contributed by atoms with Gasteiger partial charge in [-0.1, -0.05) is 26.0 Å². The lowest BCUT2D eigenvalue weighted by Gasteiger charge is -2.05. The summed E-state index contributed by atoms with van der Waals surface area (Å²) < 4.78 is 1.62. The van der Waals surface area contributed by atoms with E-state index in [4.69, 9.17) is 5.11 Å². The Labute approximate surface area is 111 Å². The zero-order valence-corrected chi connectivity index (χ0v) is 11.3. The smallest absolute Gasteiger partial charge is 0.311 e. The second-order valence-electron chi connectivity index (χ2n) is 4.86. The molecule has 5 heteroatoms. The molecule has 0 saturated carbocycles. The van der Waals surface area contributed by atoms with Crippen LogP contribution in [0.2, 0.25) is 0 Å². The normalized spacial score (nSPS) is 10.9. The van der Waals surface area contributed by atoms with Crippen molar-refractivity contribution in [3.63, 3.8) is 0 Å². The predicted molar refractivity (Wildman–Crippen MR) is 71.5 cm³/mol. The van der Waals surface area contributed by atoms with E-state index in [1.165, 1.54) is 0 Å². The molecule has 0 aliphatic carbocycles. The zero-order valence-electron chi connectivity index (χ0n) is 11.3. The van der Waals surface area contributed by atoms with Gasteiger partial charge in [-0.2, -0.15) is 5.10 Å². The lowest BCUT2D eigenvalue weighted by molar-refractivity contribution is -0.136. The van der Waals surface area contributed by atoms with Gasteiger partial charge in [0, 0.05) is 5.92 Å². The highest BCUT2D eigenvalue weighted by atomic mass is 16.4. The molecular weight excluding hydrogens is 242 g/mol. The van der Waals surface area contributed by atoms with Crippen LogP contribution < -0.4 is 0 Å². The molecule has 0 saturated heterocycles. The Kier molecular flexibility index (Phi) is 3.64. The van der Waals surface area contributed by atoms with E-state index in [1.807, 2.05) is 45.0 Å². The Balaban J connectivity index is 2.50. The highest BCUT2D eigenvalue weighted by molar-refractivity contribution is 5.69. The molecule has 5 nitrogen and oxygen atoms in total. The molecule has 0 spiro atoms. The number of nitrogens with zero attached hydrogens (tertiary/aromatic N) is 3. The molecule has 0 radical (unpaired) electrons. The number of aliphatic carboxylic acids is 1. The molecule has 1 N–H and O–H groups in total. The molecule has 0 amide bonds. The van der Waals surface area contributed by atoms with Gasteiger partial charge in [-0.25, -0.2) is 9.67 Å². The number of carboxylic acid groups (broad SMARTS) is 1. The molecule has 1 aromatic heterocycles. The topological polar surface area (TPSA) is 68.0 Å². The van der Waals surface area contributed by atoms with Gasteiger partial charge < -0.3 is 5.11 Å². The van der Waals surface area contributed by atoms with E-state index in [1.54, 1.807) is 4.68 Å². The van der Waals surface area contributed by atoms with Crippen LogP contribution in [0.3, 0.4) is 0 Å². The van der Waals surface area contributed by atoms with Crippen LogP contribution in [0.25, 0.3) is 5.69 Å². The van der Waals surface area contributed by atoms with Crippen LogP contribution in [0.4, 0.5) is 0 Å². The maximum Gasteiger partial charge on any atom is 0.311 e. The van der Waals surface area contributed by atoms with Gasteiger partial charge in [-0.15, -0.1) is 0 Å². The Morgan fingerprint density at radius 3 is 2.74 bits per heavy atom. The van der Waals surface area contributed by atoms with Crippen LogP contribution >= 0.6 is 0 Å². The van der Waals surface area contributed by atoms with Crippen LogP contribution in [0.15, 0.2) is 24.3 Å². The summed E-state index contributed by atoms with van der Waals surface area (Å²) in [5.74, 6) is 0.384. The molecule has 0 bridgehead atoms. The second-order valence-corrected chi connectivity index (χ2v) is 4.86. The van der Waals surface area contributed by atoms with E-state index in [9.17, 15) is 4.79 Å². The molecular formula is C14H17N3O2. The van der Waals surface area contributed by atoms with Crippen molar-refractivity contribution >= 4 is 5.97 Å². The van der Waals surface area contributed by atoms with Gasteiger partial charge in [-0.3, -0.25) is 4.79 Å². The first-order valence-corrected chi connectivity index (χ1v) is 6.22. The van der Waals surface area contributed by atoms with Crippen LogP contribution in [0.1, 0.15) is 37.0 Å². The summed E-state index contributed by atoms with van der Waals surface area (Å²) in [6.45, 7) is 5.96. The number of aromatic nitrogens is 3. The number of hydrogen-bond donors (Lipinski definition) is 1. The Bertz CT molecular complexity index is 602. The van der Waals surface area contributed by atoms with Crippen molar-refractivity contribution in [2.24, 2.45) is 0 Å². The molecule has 1 heterocycles. The maximum atomic E-state index is 10.9. The molecule has 0 unspecified atom stereocenters. The van der Waals surface area contributed by atoms with Crippen LogP contribution in [-0.2, 0) is 11.2 Å². The predicted octanol–water partition coefficient (Wildman–Crippen LogP) is 2.33. The number of hydrogen-bond acceptors (Lipinski definition) is 3. The van der Waals surface area contributed by atoms with E-state index in [0.29, 0.717) is 11.6 Å². The van der Waals surface area contributed by atoms with Gasteiger partial charge in [0.25, 0.3) is 0 Å². The van der Waals surface area contributed by atoms with Gasteiger partial charge >= 0.3 is 5.97 Å². The Morgan fingerprint density at radius 1 is 1.42 bits per heavy atom. The van der Waals surface area contributed by atoms with Crippen molar-refractivity contribution in [1.29, 1.82) is 0 Å². The SMILES string of the molecule is Cc1cccc(-n2nc(C(C)C)nc2CC(=O)O)c1. The summed E-state index contributed by atoms with van der Waals surface area (Å²) in [5.41, 5.74) is 1.94. The molecule has 0 aliphatic rings. The molecule has 0 atom stereocenters. The molecule has 100 valence electrons. The number of carboxylic acids is 1. The lowest BCUT2D eigenvalue weighted by Crippen LogP contribution is -2.09. The molecule has 0 aliphatic heterocycles. The van der Waals surface area contributed by atoms with Gasteiger partial charge in [0.15, 0.2) is 5.82 Å². The largest absolute Gasteiger partial charge is 0.481 e. The lowest BCUT2D eigenvalue weighted by atomic mass is 10.2. The highest BCUT2D eigenvalue weighted by Crippen LogP contribution is 2.16. The minimum atomic E-state index is -0.906. The van der Waals surface area contributed by atoms with E-state index in [-0.39, 0.29) is 12.3 Å². The fraction of sp³-hybridized carbons (Fsp3) is 0.357. The highest BCUT2D eigenvalue weighted by Gasteiger charge is 2.16. The Morgan fingerprint density at radius 2 is 2.16 bits per heavy atom. The van der Waals surface area contributed by atoms with Crippen molar-refractivity contribution in [2.75, 3.05) is 0 Å². The first kappa shape index (κ1) is 13.3. The van der Waals surface area contributed by atoms with E-state index >= 15 is 0 Å². The minimum Gasteiger partial charge on any atom is -0.481 e. The standard InChI is InChI=1S/C14H17N3O2/c1-9(2)14-15-12(8-13(18)19)17(16-14)11-6-4-5-10(3)7-11/h4-7,9H,8H2,1-3H3,(H,18,19). The third-order valence-corrected chi connectivity index (χ3v) is 2.76. The van der Waals surface area contributed by atoms with Crippen molar-refractivity contribution in [3.05, 3.63) is 41.5 Å². The fourth-order valence-electron chi connectivity index (χ4n) is 1.82. The summed E-state index contributed by atoms with van der Waals surface area (Å²) in [6, 6.07) is 7.77. The average molecular weight is 259 g/mol. The van der Waals surface area contributed by atoms with Crippen molar-refractivity contribution in [2.45, 2.75) is 33.1 Å². The van der Waals surface area contributed by atoms with E-state index < -0.39 is 5.97 Å². The molecule has 19 heavy (non-hydrogen) atoms. The van der Waals surface area contributed by atoms with Crippen LogP contribution in [-0.4, -0.2) is 25.8 Å². The van der Waals surface area contributed by atoms with E-state index in [0.717, 1.165) is 11.3 Å². The first-order chi connectivity index (χ1) is 8.97. The second kappa shape index (κ2) is 5.22. The van der Waals surface area contributed by atoms with Gasteiger partial charge in [0.2, 0.25) is 0 Å². The minimum absolute atomic E-state index is 0.131. The van der Waals surface area contributed by atoms with Crippen LogP contribution in [0, 0.1) is 6.92 Å². The monoisotopic (exact) mass is 259 g/mol. The zero-order chi connectivity index (χ0) is 14.0. The van der Waals surface area contributed by atoms with Crippen molar-refractivity contribution in [3.8, 4) is 5.69 Å². The van der Waals surface area contributed by atoms with E-state index in [2.05, 4.69) is 10.1 Å². The van der Waals surface area contributed by atoms with Gasteiger partial charge in [0.05, 0.1) is 5.69 Å². The summed E-state index contributed by atoms with van der Waals surface area (Å²) in [6.07, 6.45) is -0.131. The molecule has 2 aromatic rings. The maximum absolute atomic E-state index is 10.9. The number of carbonyl (C=O) groups is 1. The number of aryl methyl sites for hydroxylation is 1. The Hall–Kier alpha value is -2.17. The molecule has 1 aromatic carbocycles. The summed E-state index contributed by atoms with van der Waals surface area (Å²) in [7, 11) is 0. The first-order valence-electron chi connectivity index (χ1n) is 6.22. The quantitative estimate of drug-likeness (QED) is 0.915. The third kappa shape index (κ3) is 2.99. The number of benzene rings is 1. The summed E-state index contributed by atoms with van der Waals surface area (Å²) in [4.78, 5) is 15.2. The summed E-state index contributed by atoms with van der Waals surface area (Å²) >= 11 is 0. The third-order valence-electron chi connectivity index (χ3n) is 2.76. The van der Waals surface area contributed by atoms with Crippen molar-refractivity contribution < 1.29 is 9.90 Å². The number of rotatable bonds is 4.